The zero-order chi connectivity index (χ0) is 56.7. The molecule has 1 aromatic rings. The van der Waals surface area contributed by atoms with Gasteiger partial charge in [-0.3, -0.25) is 4.79 Å². The van der Waals surface area contributed by atoms with Gasteiger partial charge in [-0.2, -0.15) is 0 Å². The zero-order valence-electron chi connectivity index (χ0n) is 46.3. The van der Waals surface area contributed by atoms with Crippen LogP contribution in [-0.4, -0.2) is 214 Å². The number of anilines is 1. The van der Waals surface area contributed by atoms with Crippen LogP contribution in [0.5, 0.6) is 0 Å². The Balaban J connectivity index is 0.0000109. The first-order valence-electron chi connectivity index (χ1n) is 25.5. The molecule has 0 bridgehead atoms. The topological polar surface area (TPSA) is 321 Å². The molecule has 2 aliphatic heterocycles. The molecule has 4 rings (SSSR count). The molecule has 24 nitrogen and oxygen atoms in total. The Morgan fingerprint density at radius 2 is 1.16 bits per heavy atom. The number of hydrogen-bond donors (Lipinski definition) is 1. The van der Waals surface area contributed by atoms with Crippen LogP contribution in [0.15, 0.2) is 75.9 Å². The number of rotatable bonds is 44. The average Bonchev–Trinajstić information content (AvgIpc) is 3.61. The third kappa shape index (κ3) is 29.0. The molecule has 440 valence electrons. The van der Waals surface area contributed by atoms with Crippen LogP contribution in [0.1, 0.15) is 43.7 Å². The summed E-state index contributed by atoms with van der Waals surface area (Å²) in [6.07, 6.45) is 6.95. The van der Waals surface area contributed by atoms with Gasteiger partial charge < -0.3 is 75.5 Å². The SMILES string of the molecule is COCCOCCOCCOCCOCC[N+](CCCS(=O)(=O)[O-])=c1ccc2c(/C=C/C=C3/N(CCOCCOCCOCCOCCOCCC(=O)O)c4ccc(S(=O)(=O)[O-])cc4C3(C)CCCS(=O)(=O)[O-])ccoc-2c1.[Na+].[Na+]. The van der Waals surface area contributed by atoms with E-state index in [0.717, 1.165) is 5.56 Å². The molecule has 1 aromatic carbocycles. The number of benzene rings is 2. The number of allylic oxidation sites excluding steroid dienone is 3. The zero-order valence-corrected chi connectivity index (χ0v) is 52.7. The number of fused-ring (bicyclic) bond motifs is 2. The number of carboxylic acid groups (broad SMARTS) is 1. The summed E-state index contributed by atoms with van der Waals surface area (Å²) in [4.78, 5) is 12.0. The smallest absolute Gasteiger partial charge is 0.748 e. The minimum atomic E-state index is -4.90. The molecule has 3 aliphatic rings. The second kappa shape index (κ2) is 40.1. The van der Waals surface area contributed by atoms with Gasteiger partial charge in [0.2, 0.25) is 5.36 Å². The van der Waals surface area contributed by atoms with Crippen LogP contribution < -0.4 is 73.9 Å². The molecule has 0 amide bonds. The molecule has 29 heteroatoms. The summed E-state index contributed by atoms with van der Waals surface area (Å²) in [5.74, 6) is -1.66. The Labute approximate surface area is 514 Å². The molecule has 0 fully saturated rings. The van der Waals surface area contributed by atoms with Crippen LogP contribution in [0, 0.1) is 0 Å². The molecule has 1 unspecified atom stereocenters. The van der Waals surface area contributed by atoms with E-state index < -0.39 is 58.1 Å². The molecule has 0 saturated carbocycles. The minimum Gasteiger partial charge on any atom is -0.748 e. The standard InChI is InChI=1S/C51H76N2O22S3.2Na/c1-51(14-4-38-76(56,57)58)46-41-44(78(62,63)64)9-11-47(46)53(17-21-68-26-29-72-34-37-74-35-32-70-27-24-66-18-13-50(54)55)49(51)7-3-6-42-12-19-75-48-40-43(8-10-45(42)48)52(15-5-39-77(59,60)61)16-20-67-25-28-71-33-36-73-31-30-69-23-22-65-2;;/h3,6-12,19,40-41H,4-5,13-18,20-39H2,1-2H3,(H3-,54,55,56,57,58,59,60,61,62,63,64);;/q;2*+1/p-2. The summed E-state index contributed by atoms with van der Waals surface area (Å²) in [5, 5.41) is 9.32. The van der Waals surface area contributed by atoms with Crippen LogP contribution in [-0.2, 0) is 87.9 Å². The van der Waals surface area contributed by atoms with E-state index in [1.54, 1.807) is 38.3 Å². The molecular weight excluding hydrogens is 1130 g/mol. The Kier molecular flexibility index (Phi) is 37.0. The van der Waals surface area contributed by atoms with Gasteiger partial charge >= 0.3 is 65.1 Å². The molecule has 2 heterocycles. The molecule has 1 atom stereocenters. The number of ether oxygens (including phenoxy) is 10. The number of carboxylic acids is 1. The van der Waals surface area contributed by atoms with E-state index in [1.807, 2.05) is 27.7 Å². The van der Waals surface area contributed by atoms with Crippen molar-refractivity contribution in [3.63, 3.8) is 0 Å². The summed E-state index contributed by atoms with van der Waals surface area (Å²) >= 11 is 0. The Hall–Kier alpha value is -2.27. The van der Waals surface area contributed by atoms with E-state index in [4.69, 9.17) is 56.9 Å². The maximum absolute atomic E-state index is 12.3. The van der Waals surface area contributed by atoms with E-state index in [0.29, 0.717) is 126 Å². The molecule has 0 radical (unpaired) electrons. The number of carbonyl (C=O) groups is 1. The van der Waals surface area contributed by atoms with Crippen LogP contribution >= 0.6 is 0 Å². The molecule has 1 N–H and O–H groups in total. The molecule has 80 heavy (non-hydrogen) atoms. The van der Waals surface area contributed by atoms with Crippen molar-refractivity contribution in [1.29, 1.82) is 0 Å². The summed E-state index contributed by atoms with van der Waals surface area (Å²) in [6.45, 7) is 8.81. The first-order valence-corrected chi connectivity index (χ1v) is 30.0. The van der Waals surface area contributed by atoms with Crippen LogP contribution in [0.2, 0.25) is 0 Å². The van der Waals surface area contributed by atoms with Gasteiger partial charge in [-0.1, -0.05) is 12.2 Å². The van der Waals surface area contributed by atoms with E-state index >= 15 is 0 Å². The van der Waals surface area contributed by atoms with Crippen molar-refractivity contribution >= 4 is 48.1 Å². The number of methoxy groups -OCH3 is 1. The Morgan fingerprint density at radius 1 is 0.650 bits per heavy atom. The van der Waals surface area contributed by atoms with Crippen LogP contribution in [0.25, 0.3) is 17.4 Å². The van der Waals surface area contributed by atoms with E-state index in [9.17, 15) is 43.7 Å². The molecular formula is C51H74N2Na2O22S3. The van der Waals surface area contributed by atoms with Gasteiger partial charge in [0.1, 0.15) is 29.0 Å². The molecule has 1 aliphatic carbocycles. The summed E-state index contributed by atoms with van der Waals surface area (Å²) in [6, 6.07) is 11.3. The maximum atomic E-state index is 12.3. The van der Waals surface area contributed by atoms with Gasteiger partial charge in [-0.25, -0.2) is 29.8 Å². The molecule has 0 spiro atoms. The monoisotopic (exact) mass is 1210 g/mol. The number of nitrogens with zero attached hydrogens (tertiary/aromatic N) is 2. The van der Waals surface area contributed by atoms with E-state index in [-0.39, 0.29) is 138 Å². The Bertz CT molecular complexity index is 2710. The van der Waals surface area contributed by atoms with E-state index in [2.05, 4.69) is 0 Å². The number of aliphatic carboxylic acids is 1. The maximum Gasteiger partial charge on any atom is 1.00 e. The van der Waals surface area contributed by atoms with Gasteiger partial charge in [0, 0.05) is 60.0 Å². The van der Waals surface area contributed by atoms with Crippen LogP contribution in [0.4, 0.5) is 5.69 Å². The quantitative estimate of drug-likeness (QED) is 0.0246. The van der Waals surface area contributed by atoms with Crippen molar-refractivity contribution in [2.24, 2.45) is 0 Å². The fourth-order valence-corrected chi connectivity index (χ4v) is 9.65. The average molecular weight is 1210 g/mol. The van der Waals surface area contributed by atoms with Crippen molar-refractivity contribution in [2.45, 2.75) is 42.9 Å². The normalized spacial score (nSPS) is 15.6. The Morgan fingerprint density at radius 3 is 1.69 bits per heavy atom. The van der Waals surface area contributed by atoms with Crippen molar-refractivity contribution in [3.05, 3.63) is 83.1 Å². The third-order valence-corrected chi connectivity index (χ3v) is 14.4. The first-order chi connectivity index (χ1) is 37.3. The van der Waals surface area contributed by atoms with Gasteiger partial charge in [-0.15, -0.1) is 0 Å². The molecule has 0 aromatic heterocycles. The summed E-state index contributed by atoms with van der Waals surface area (Å²) in [7, 11) is -12.4. The van der Waals surface area contributed by atoms with Crippen molar-refractivity contribution in [2.75, 3.05) is 169 Å². The van der Waals surface area contributed by atoms with Crippen molar-refractivity contribution in [1.82, 2.24) is 4.58 Å². The van der Waals surface area contributed by atoms with E-state index in [1.165, 1.54) is 24.5 Å². The fraction of sp³-hybridized carbons (Fsp3) is 0.608. The third-order valence-electron chi connectivity index (χ3n) is 12.0. The predicted molar refractivity (Wildman–Crippen MR) is 281 cm³/mol. The first kappa shape index (κ1) is 73.8. The van der Waals surface area contributed by atoms with Gasteiger partial charge in [0.25, 0.3) is 0 Å². The van der Waals surface area contributed by atoms with Gasteiger partial charge in [-0.05, 0) is 67.3 Å². The van der Waals surface area contributed by atoms with Crippen molar-refractivity contribution < 1.29 is 160 Å². The molecule has 0 saturated heterocycles. The summed E-state index contributed by atoms with van der Waals surface area (Å²) < 4.78 is 169. The van der Waals surface area contributed by atoms with Gasteiger partial charge in [0.05, 0.1) is 163 Å². The fourth-order valence-electron chi connectivity index (χ4n) is 8.17. The van der Waals surface area contributed by atoms with Crippen LogP contribution in [0.3, 0.4) is 0 Å². The van der Waals surface area contributed by atoms with Crippen molar-refractivity contribution in [3.8, 4) is 11.3 Å². The second-order valence-electron chi connectivity index (χ2n) is 17.7. The predicted octanol–water partition coefficient (Wildman–Crippen LogP) is -3.73. The number of hydrogen-bond acceptors (Lipinski definition) is 22. The summed E-state index contributed by atoms with van der Waals surface area (Å²) in [5.41, 5.74) is 1.98. The second-order valence-corrected chi connectivity index (χ2v) is 22.1. The largest absolute Gasteiger partial charge is 1.00 e. The van der Waals surface area contributed by atoms with Gasteiger partial charge in [0.15, 0.2) is 6.54 Å². The minimum absolute atomic E-state index is 0.